The third-order valence-corrected chi connectivity index (χ3v) is 5.13. The highest BCUT2D eigenvalue weighted by Gasteiger charge is 2.36. The van der Waals surface area contributed by atoms with E-state index in [1.54, 1.807) is 0 Å². The van der Waals surface area contributed by atoms with Crippen LogP contribution in [0.15, 0.2) is 24.3 Å². The fourth-order valence-corrected chi connectivity index (χ4v) is 3.97. The molecule has 0 radical (unpaired) electrons. The van der Waals surface area contributed by atoms with Crippen LogP contribution in [0.4, 0.5) is 0 Å². The topological polar surface area (TPSA) is 15.3 Å². The van der Waals surface area contributed by atoms with Crippen LogP contribution < -0.4 is 5.32 Å². The molecule has 0 amide bonds. The van der Waals surface area contributed by atoms with Crippen LogP contribution in [0.3, 0.4) is 0 Å². The van der Waals surface area contributed by atoms with Crippen LogP contribution in [-0.4, -0.2) is 29.6 Å². The predicted molar refractivity (Wildman–Crippen MR) is 91.7 cm³/mol. The molecule has 1 aromatic rings. The lowest BCUT2D eigenvalue weighted by molar-refractivity contribution is 0.114. The number of likely N-dealkylation sites (N-methyl/N-ethyl adjacent to an activating group) is 1. The number of nitrogens with zero attached hydrogens (tertiary/aromatic N) is 1. The van der Waals surface area contributed by atoms with Crippen molar-refractivity contribution < 1.29 is 0 Å². The van der Waals surface area contributed by atoms with Gasteiger partial charge in [0.15, 0.2) is 0 Å². The Labute approximate surface area is 130 Å². The summed E-state index contributed by atoms with van der Waals surface area (Å²) >= 11 is 0. The number of likely N-dealkylation sites (tertiary alicyclic amines) is 1. The van der Waals surface area contributed by atoms with E-state index in [9.17, 15) is 0 Å². The van der Waals surface area contributed by atoms with Crippen molar-refractivity contribution in [2.24, 2.45) is 0 Å². The maximum Gasteiger partial charge on any atom is 0.0475 e. The van der Waals surface area contributed by atoms with E-state index in [4.69, 9.17) is 0 Å². The molecule has 2 nitrogen and oxygen atoms in total. The summed E-state index contributed by atoms with van der Waals surface area (Å²) in [4.78, 5) is 2.76. The molecule has 2 rings (SSSR count). The van der Waals surface area contributed by atoms with Gasteiger partial charge in [-0.2, -0.15) is 0 Å². The standard InChI is InChI=1S/C19H32N2/c1-6-18-13-10-15(4)21(18)16(5)19(20-7-2)17-11-8-14(3)9-12-17/h8-9,11-12,15-16,18-20H,6-7,10,13H2,1-5H3. The molecule has 118 valence electrons. The summed E-state index contributed by atoms with van der Waals surface area (Å²) in [6.07, 6.45) is 3.96. The second-order valence-electron chi connectivity index (χ2n) is 6.62. The summed E-state index contributed by atoms with van der Waals surface area (Å²) in [6.45, 7) is 12.5. The van der Waals surface area contributed by atoms with E-state index >= 15 is 0 Å². The highest BCUT2D eigenvalue weighted by Crippen LogP contribution is 2.33. The molecule has 0 aliphatic carbocycles. The summed E-state index contributed by atoms with van der Waals surface area (Å²) in [6, 6.07) is 11.5. The van der Waals surface area contributed by atoms with Crippen LogP contribution in [0.25, 0.3) is 0 Å². The monoisotopic (exact) mass is 288 g/mol. The Morgan fingerprint density at radius 2 is 1.86 bits per heavy atom. The number of aryl methyl sites for hydroxylation is 1. The molecule has 0 spiro atoms. The molecular formula is C19H32N2. The van der Waals surface area contributed by atoms with Crippen LogP contribution in [0, 0.1) is 6.92 Å². The SMILES string of the molecule is CCNC(c1ccc(C)cc1)C(C)N1C(C)CCC1CC. The van der Waals surface area contributed by atoms with Crippen molar-refractivity contribution in [1.29, 1.82) is 0 Å². The first-order valence-corrected chi connectivity index (χ1v) is 8.65. The zero-order valence-corrected chi connectivity index (χ0v) is 14.4. The number of hydrogen-bond donors (Lipinski definition) is 1. The Balaban J connectivity index is 2.22. The fourth-order valence-electron chi connectivity index (χ4n) is 3.97. The van der Waals surface area contributed by atoms with Gasteiger partial charge in [-0.25, -0.2) is 0 Å². The summed E-state index contributed by atoms with van der Waals surface area (Å²) < 4.78 is 0. The molecule has 0 aromatic heterocycles. The Hall–Kier alpha value is -0.860. The summed E-state index contributed by atoms with van der Waals surface area (Å²) in [5, 5.41) is 3.72. The van der Waals surface area contributed by atoms with Gasteiger partial charge in [-0.05, 0) is 52.1 Å². The second kappa shape index (κ2) is 7.42. The van der Waals surface area contributed by atoms with E-state index in [-0.39, 0.29) is 0 Å². The largest absolute Gasteiger partial charge is 0.309 e. The van der Waals surface area contributed by atoms with E-state index in [2.05, 4.69) is 69.1 Å². The molecule has 4 unspecified atom stereocenters. The van der Waals surface area contributed by atoms with Gasteiger partial charge in [0.1, 0.15) is 0 Å². The molecule has 1 aliphatic heterocycles. The van der Waals surface area contributed by atoms with Crippen molar-refractivity contribution in [3.8, 4) is 0 Å². The first-order valence-electron chi connectivity index (χ1n) is 8.65. The van der Waals surface area contributed by atoms with E-state index in [0.29, 0.717) is 18.1 Å². The van der Waals surface area contributed by atoms with E-state index < -0.39 is 0 Å². The smallest absolute Gasteiger partial charge is 0.0475 e. The lowest BCUT2D eigenvalue weighted by atomic mass is 9.96. The summed E-state index contributed by atoms with van der Waals surface area (Å²) in [5.74, 6) is 0. The summed E-state index contributed by atoms with van der Waals surface area (Å²) in [5.41, 5.74) is 2.76. The number of nitrogens with one attached hydrogen (secondary N) is 1. The molecule has 2 heteroatoms. The quantitative estimate of drug-likeness (QED) is 0.839. The number of rotatable bonds is 6. The van der Waals surface area contributed by atoms with Crippen molar-refractivity contribution in [2.45, 2.75) is 78.0 Å². The molecule has 1 fully saturated rings. The van der Waals surface area contributed by atoms with Gasteiger partial charge in [0.25, 0.3) is 0 Å². The van der Waals surface area contributed by atoms with Gasteiger partial charge >= 0.3 is 0 Å². The fraction of sp³-hybridized carbons (Fsp3) is 0.684. The van der Waals surface area contributed by atoms with Gasteiger partial charge in [0.05, 0.1) is 0 Å². The van der Waals surface area contributed by atoms with Gasteiger partial charge < -0.3 is 5.32 Å². The van der Waals surface area contributed by atoms with Gasteiger partial charge in [-0.1, -0.05) is 43.7 Å². The van der Waals surface area contributed by atoms with Crippen molar-refractivity contribution in [3.05, 3.63) is 35.4 Å². The van der Waals surface area contributed by atoms with E-state index in [1.807, 2.05) is 0 Å². The number of benzene rings is 1. The Kier molecular flexibility index (Phi) is 5.83. The first-order chi connectivity index (χ1) is 10.1. The van der Waals surface area contributed by atoms with Gasteiger partial charge in [-0.15, -0.1) is 0 Å². The maximum absolute atomic E-state index is 3.72. The van der Waals surface area contributed by atoms with Gasteiger partial charge in [0, 0.05) is 24.2 Å². The average Bonchev–Trinajstić information content (AvgIpc) is 2.86. The van der Waals surface area contributed by atoms with E-state index in [1.165, 1.54) is 30.4 Å². The third-order valence-electron chi connectivity index (χ3n) is 5.13. The zero-order valence-electron chi connectivity index (χ0n) is 14.4. The number of hydrogen-bond acceptors (Lipinski definition) is 2. The molecule has 4 atom stereocenters. The minimum Gasteiger partial charge on any atom is -0.309 e. The maximum atomic E-state index is 3.72. The zero-order chi connectivity index (χ0) is 15.4. The molecule has 1 N–H and O–H groups in total. The van der Waals surface area contributed by atoms with Crippen LogP contribution >= 0.6 is 0 Å². The van der Waals surface area contributed by atoms with Crippen molar-refractivity contribution in [3.63, 3.8) is 0 Å². The first kappa shape index (κ1) is 16.5. The van der Waals surface area contributed by atoms with Crippen molar-refractivity contribution in [1.82, 2.24) is 10.2 Å². The second-order valence-corrected chi connectivity index (χ2v) is 6.62. The molecular weight excluding hydrogens is 256 g/mol. The molecule has 1 saturated heterocycles. The molecule has 21 heavy (non-hydrogen) atoms. The Bertz CT molecular complexity index is 426. The van der Waals surface area contributed by atoms with Crippen molar-refractivity contribution in [2.75, 3.05) is 6.54 Å². The van der Waals surface area contributed by atoms with Crippen LogP contribution in [0.1, 0.15) is 64.1 Å². The third kappa shape index (κ3) is 3.67. The van der Waals surface area contributed by atoms with Gasteiger partial charge in [-0.3, -0.25) is 4.90 Å². The molecule has 0 bridgehead atoms. The average molecular weight is 288 g/mol. The lowest BCUT2D eigenvalue weighted by Crippen LogP contribution is -2.48. The van der Waals surface area contributed by atoms with Crippen LogP contribution in [-0.2, 0) is 0 Å². The van der Waals surface area contributed by atoms with Gasteiger partial charge in [0.2, 0.25) is 0 Å². The molecule has 1 heterocycles. The van der Waals surface area contributed by atoms with Crippen LogP contribution in [0.5, 0.6) is 0 Å². The molecule has 0 saturated carbocycles. The Morgan fingerprint density at radius 3 is 2.43 bits per heavy atom. The molecule has 1 aromatic carbocycles. The Morgan fingerprint density at radius 1 is 1.19 bits per heavy atom. The van der Waals surface area contributed by atoms with Crippen molar-refractivity contribution >= 4 is 0 Å². The summed E-state index contributed by atoms with van der Waals surface area (Å²) in [7, 11) is 0. The highest BCUT2D eigenvalue weighted by atomic mass is 15.2. The minimum atomic E-state index is 0.421. The predicted octanol–water partition coefficient (Wildman–Crippen LogP) is 4.30. The lowest BCUT2D eigenvalue weighted by Gasteiger charge is -2.39. The molecule has 1 aliphatic rings. The normalized spacial score (nSPS) is 26.0. The van der Waals surface area contributed by atoms with Crippen LogP contribution in [0.2, 0.25) is 0 Å². The highest BCUT2D eigenvalue weighted by molar-refractivity contribution is 5.25. The van der Waals surface area contributed by atoms with E-state index in [0.717, 1.165) is 12.6 Å². The minimum absolute atomic E-state index is 0.421.